The molecule has 0 spiro atoms. The maximum Gasteiger partial charge on any atom is 0.236 e. The van der Waals surface area contributed by atoms with Crippen LogP contribution < -0.4 is 10.6 Å². The molecule has 0 radical (unpaired) electrons. The van der Waals surface area contributed by atoms with Gasteiger partial charge in [0.15, 0.2) is 0 Å². The molecule has 27 heavy (non-hydrogen) atoms. The maximum absolute atomic E-state index is 12.2. The Kier molecular flexibility index (Phi) is 14.1. The van der Waals surface area contributed by atoms with Crippen LogP contribution in [-0.4, -0.2) is 87.2 Å². The quantitative estimate of drug-likeness (QED) is 0.564. The van der Waals surface area contributed by atoms with Crippen molar-refractivity contribution in [2.24, 2.45) is 5.92 Å². The Labute approximate surface area is 175 Å². The molecule has 1 saturated heterocycles. The summed E-state index contributed by atoms with van der Waals surface area (Å²) in [6.07, 6.45) is 4.63. The van der Waals surface area contributed by atoms with Crippen molar-refractivity contribution in [1.82, 2.24) is 20.4 Å². The molecule has 2 N–H and O–H groups in total. The van der Waals surface area contributed by atoms with Gasteiger partial charge in [0.2, 0.25) is 11.8 Å². The third kappa shape index (κ3) is 9.94. The summed E-state index contributed by atoms with van der Waals surface area (Å²) < 4.78 is 4.95. The number of piperazine rings is 1. The van der Waals surface area contributed by atoms with Crippen molar-refractivity contribution in [3.05, 3.63) is 0 Å². The summed E-state index contributed by atoms with van der Waals surface area (Å²) in [5, 5.41) is 6.26. The van der Waals surface area contributed by atoms with Crippen molar-refractivity contribution in [3.8, 4) is 0 Å². The van der Waals surface area contributed by atoms with Crippen LogP contribution in [-0.2, 0) is 14.3 Å². The summed E-state index contributed by atoms with van der Waals surface area (Å²) in [5.41, 5.74) is 0. The first-order valence-corrected chi connectivity index (χ1v) is 9.57. The number of hydrogen-bond acceptors (Lipinski definition) is 5. The lowest BCUT2D eigenvalue weighted by Crippen LogP contribution is -2.53. The lowest BCUT2D eigenvalue weighted by Gasteiger charge is -2.35. The summed E-state index contributed by atoms with van der Waals surface area (Å²) in [4.78, 5) is 28.3. The molecule has 0 aromatic carbocycles. The van der Waals surface area contributed by atoms with Gasteiger partial charge < -0.3 is 20.3 Å². The highest BCUT2D eigenvalue weighted by atomic mass is 35.5. The molecule has 160 valence electrons. The van der Waals surface area contributed by atoms with E-state index < -0.39 is 0 Å². The summed E-state index contributed by atoms with van der Waals surface area (Å²) >= 11 is 0. The van der Waals surface area contributed by atoms with Gasteiger partial charge in [0.25, 0.3) is 0 Å². The van der Waals surface area contributed by atoms with E-state index in [0.29, 0.717) is 45.4 Å². The largest absolute Gasteiger partial charge is 0.383 e. The van der Waals surface area contributed by atoms with Gasteiger partial charge in [0.1, 0.15) is 0 Å². The van der Waals surface area contributed by atoms with E-state index in [0.717, 1.165) is 31.8 Å². The molecule has 0 aromatic heterocycles. The maximum atomic E-state index is 12.2. The number of nitrogens with zero attached hydrogens (tertiary/aromatic N) is 2. The molecule has 1 aliphatic heterocycles. The minimum Gasteiger partial charge on any atom is -0.383 e. The van der Waals surface area contributed by atoms with Crippen LogP contribution in [0.25, 0.3) is 0 Å². The molecule has 2 rings (SSSR count). The number of carbonyl (C=O) groups is 2. The van der Waals surface area contributed by atoms with E-state index in [-0.39, 0.29) is 36.6 Å². The molecular formula is C18H36Cl2N4O3. The van der Waals surface area contributed by atoms with Gasteiger partial charge in [0.05, 0.1) is 19.7 Å². The van der Waals surface area contributed by atoms with Crippen molar-refractivity contribution in [3.63, 3.8) is 0 Å². The second kappa shape index (κ2) is 14.4. The molecule has 0 unspecified atom stereocenters. The van der Waals surface area contributed by atoms with Crippen LogP contribution in [0.5, 0.6) is 0 Å². The summed E-state index contributed by atoms with van der Waals surface area (Å²) in [5.74, 6) is 1.04. The minimum atomic E-state index is 0. The fourth-order valence-corrected chi connectivity index (χ4v) is 3.52. The standard InChI is InChI=1S/C18H34N4O3.2ClH/c1-15-3-5-16(6-4-15)20-17(23)14-21-8-10-22(11-9-21)18(24)13-19-7-12-25-2;;/h15-16,19H,3-14H2,1-2H3,(H,20,23);2*1H. The number of amides is 2. The van der Waals surface area contributed by atoms with Gasteiger partial charge in [-0.1, -0.05) is 6.92 Å². The van der Waals surface area contributed by atoms with Crippen LogP contribution in [0.4, 0.5) is 0 Å². The number of halogens is 2. The second-order valence-electron chi connectivity index (χ2n) is 7.35. The Balaban J connectivity index is 0.00000338. The molecule has 9 heteroatoms. The molecule has 1 aliphatic carbocycles. The third-order valence-corrected chi connectivity index (χ3v) is 5.23. The summed E-state index contributed by atoms with van der Waals surface area (Å²) in [6.45, 7) is 7.28. The van der Waals surface area contributed by atoms with E-state index in [9.17, 15) is 9.59 Å². The van der Waals surface area contributed by atoms with E-state index in [1.807, 2.05) is 4.90 Å². The number of methoxy groups -OCH3 is 1. The Hall–Kier alpha value is -0.600. The van der Waals surface area contributed by atoms with Gasteiger partial charge in [-0.25, -0.2) is 0 Å². The number of rotatable bonds is 8. The predicted octanol–water partition coefficient (Wildman–Crippen LogP) is 0.905. The molecule has 2 aliphatic rings. The zero-order valence-corrected chi connectivity index (χ0v) is 18.2. The topological polar surface area (TPSA) is 73.9 Å². The highest BCUT2D eigenvalue weighted by molar-refractivity contribution is 5.85. The van der Waals surface area contributed by atoms with Gasteiger partial charge in [-0.3, -0.25) is 14.5 Å². The zero-order chi connectivity index (χ0) is 18.1. The van der Waals surface area contributed by atoms with Gasteiger partial charge in [-0.05, 0) is 31.6 Å². The SMILES string of the molecule is COCCNCC(=O)N1CCN(CC(=O)NC2CCC(C)CC2)CC1.Cl.Cl. The first-order chi connectivity index (χ1) is 12.1. The number of carbonyl (C=O) groups excluding carboxylic acids is 2. The number of nitrogens with one attached hydrogen (secondary N) is 2. The Morgan fingerprint density at radius 3 is 2.26 bits per heavy atom. The zero-order valence-electron chi connectivity index (χ0n) is 16.6. The molecule has 2 amide bonds. The minimum absolute atomic E-state index is 0. The van der Waals surface area contributed by atoms with Crippen molar-refractivity contribution in [1.29, 1.82) is 0 Å². The highest BCUT2D eigenvalue weighted by Gasteiger charge is 2.24. The normalized spacial score (nSPS) is 23.1. The van der Waals surface area contributed by atoms with E-state index >= 15 is 0 Å². The average molecular weight is 427 g/mol. The average Bonchev–Trinajstić information content (AvgIpc) is 2.61. The molecule has 2 fully saturated rings. The first-order valence-electron chi connectivity index (χ1n) is 9.57. The van der Waals surface area contributed by atoms with E-state index in [1.54, 1.807) is 7.11 Å². The van der Waals surface area contributed by atoms with Crippen LogP contribution in [0.1, 0.15) is 32.6 Å². The second-order valence-corrected chi connectivity index (χ2v) is 7.35. The van der Waals surface area contributed by atoms with Gasteiger partial charge >= 0.3 is 0 Å². The molecule has 1 heterocycles. The fourth-order valence-electron chi connectivity index (χ4n) is 3.52. The molecule has 0 atom stereocenters. The molecule has 1 saturated carbocycles. The summed E-state index contributed by atoms with van der Waals surface area (Å²) in [7, 11) is 1.65. The van der Waals surface area contributed by atoms with Crippen LogP contribution in [0.3, 0.4) is 0 Å². The van der Waals surface area contributed by atoms with E-state index in [2.05, 4.69) is 22.5 Å². The van der Waals surface area contributed by atoms with Crippen LogP contribution >= 0.6 is 24.8 Å². The van der Waals surface area contributed by atoms with Crippen molar-refractivity contribution in [2.45, 2.75) is 38.6 Å². The molecule has 7 nitrogen and oxygen atoms in total. The molecule has 0 aromatic rings. The van der Waals surface area contributed by atoms with Crippen LogP contribution in [0, 0.1) is 5.92 Å². The van der Waals surface area contributed by atoms with E-state index in [4.69, 9.17) is 4.74 Å². The monoisotopic (exact) mass is 426 g/mol. The molecule has 0 bridgehead atoms. The van der Waals surface area contributed by atoms with Crippen molar-refractivity contribution >= 4 is 36.6 Å². The predicted molar refractivity (Wildman–Crippen MR) is 112 cm³/mol. The van der Waals surface area contributed by atoms with E-state index in [1.165, 1.54) is 12.8 Å². The van der Waals surface area contributed by atoms with Crippen LogP contribution in [0.2, 0.25) is 0 Å². The lowest BCUT2D eigenvalue weighted by atomic mass is 9.87. The first kappa shape index (κ1) is 26.4. The van der Waals surface area contributed by atoms with Gasteiger partial charge in [-0.15, -0.1) is 24.8 Å². The summed E-state index contributed by atoms with van der Waals surface area (Å²) in [6, 6.07) is 0.352. The smallest absolute Gasteiger partial charge is 0.236 e. The fraction of sp³-hybridized carbons (Fsp3) is 0.889. The Morgan fingerprint density at radius 1 is 1.04 bits per heavy atom. The van der Waals surface area contributed by atoms with Crippen molar-refractivity contribution < 1.29 is 14.3 Å². The third-order valence-electron chi connectivity index (χ3n) is 5.23. The Morgan fingerprint density at radius 2 is 1.67 bits per heavy atom. The van der Waals surface area contributed by atoms with Gasteiger partial charge in [0, 0.05) is 45.9 Å². The highest BCUT2D eigenvalue weighted by Crippen LogP contribution is 2.23. The number of hydrogen-bond donors (Lipinski definition) is 2. The Bertz CT molecular complexity index is 427. The number of ether oxygens (including phenoxy) is 1. The van der Waals surface area contributed by atoms with Gasteiger partial charge in [-0.2, -0.15) is 0 Å². The lowest BCUT2D eigenvalue weighted by molar-refractivity contribution is -0.132. The molecular weight excluding hydrogens is 391 g/mol. The van der Waals surface area contributed by atoms with Crippen LogP contribution in [0.15, 0.2) is 0 Å². The van der Waals surface area contributed by atoms with Crippen molar-refractivity contribution in [2.75, 3.05) is 59.5 Å².